The van der Waals surface area contributed by atoms with Gasteiger partial charge in [-0.15, -0.1) is 0 Å². The predicted octanol–water partition coefficient (Wildman–Crippen LogP) is 2.31. The Morgan fingerprint density at radius 1 is 1.29 bits per heavy atom. The van der Waals surface area contributed by atoms with Crippen LogP contribution < -0.4 is 5.32 Å². The summed E-state index contributed by atoms with van der Waals surface area (Å²) in [6.07, 6.45) is 5.62. The molecule has 1 aliphatic rings. The summed E-state index contributed by atoms with van der Waals surface area (Å²) >= 11 is 0. The summed E-state index contributed by atoms with van der Waals surface area (Å²) in [4.78, 5) is 0. The van der Waals surface area contributed by atoms with E-state index in [2.05, 4.69) is 26.1 Å². The molecule has 1 saturated carbocycles. The van der Waals surface area contributed by atoms with Gasteiger partial charge in [-0.3, -0.25) is 0 Å². The van der Waals surface area contributed by atoms with E-state index in [4.69, 9.17) is 0 Å². The van der Waals surface area contributed by atoms with Gasteiger partial charge < -0.3 is 10.4 Å². The molecule has 1 fully saturated rings. The maximum Gasteiger partial charge on any atom is 0.0693 e. The molecule has 0 amide bonds. The first-order chi connectivity index (χ1) is 6.65. The normalized spacial score (nSPS) is 30.6. The van der Waals surface area contributed by atoms with Gasteiger partial charge in [0.2, 0.25) is 0 Å². The van der Waals surface area contributed by atoms with Crippen molar-refractivity contribution in [1.29, 1.82) is 0 Å². The molecule has 2 N–H and O–H groups in total. The minimum absolute atomic E-state index is 0.114. The van der Waals surface area contributed by atoms with E-state index in [0.29, 0.717) is 18.0 Å². The van der Waals surface area contributed by atoms with E-state index in [0.717, 1.165) is 19.3 Å². The summed E-state index contributed by atoms with van der Waals surface area (Å²) in [6.45, 7) is 6.71. The van der Waals surface area contributed by atoms with Crippen LogP contribution in [0.5, 0.6) is 0 Å². The maximum absolute atomic E-state index is 9.83. The molecule has 14 heavy (non-hydrogen) atoms. The molecule has 0 aliphatic heterocycles. The minimum atomic E-state index is -0.114. The lowest BCUT2D eigenvalue weighted by Gasteiger charge is -2.33. The van der Waals surface area contributed by atoms with Crippen LogP contribution >= 0.6 is 0 Å². The summed E-state index contributed by atoms with van der Waals surface area (Å²) < 4.78 is 0. The lowest BCUT2D eigenvalue weighted by molar-refractivity contribution is 0.0806. The standard InChI is InChI=1S/C12H25NO/c1-4-10(9(2)3)13-11-7-5-6-8-12(11)14/h9-14H,4-8H2,1-3H3/t10?,11-,12-/m1/s1. The molecule has 1 unspecified atom stereocenters. The van der Waals surface area contributed by atoms with Crippen LogP contribution in [0.1, 0.15) is 52.9 Å². The molecule has 0 radical (unpaired) electrons. The van der Waals surface area contributed by atoms with Gasteiger partial charge in [-0.1, -0.05) is 33.6 Å². The number of nitrogens with one attached hydrogen (secondary N) is 1. The second-order valence-corrected chi connectivity index (χ2v) is 4.88. The lowest BCUT2D eigenvalue weighted by atomic mass is 9.90. The van der Waals surface area contributed by atoms with Gasteiger partial charge in [-0.25, -0.2) is 0 Å². The van der Waals surface area contributed by atoms with Gasteiger partial charge in [0.1, 0.15) is 0 Å². The minimum Gasteiger partial charge on any atom is -0.392 e. The number of rotatable bonds is 4. The van der Waals surface area contributed by atoms with Crippen molar-refractivity contribution in [1.82, 2.24) is 5.32 Å². The molecule has 2 heteroatoms. The van der Waals surface area contributed by atoms with Gasteiger partial charge in [0.15, 0.2) is 0 Å². The molecule has 0 saturated heterocycles. The third kappa shape index (κ3) is 3.25. The molecule has 0 spiro atoms. The van der Waals surface area contributed by atoms with Gasteiger partial charge in [0.25, 0.3) is 0 Å². The third-order valence-electron chi connectivity index (χ3n) is 3.40. The first-order valence-corrected chi connectivity index (χ1v) is 6.09. The number of aliphatic hydroxyl groups excluding tert-OH is 1. The fourth-order valence-electron chi connectivity index (χ4n) is 2.36. The Kier molecular flexibility index (Phi) is 4.90. The Balaban J connectivity index is 2.39. The highest BCUT2D eigenvalue weighted by Gasteiger charge is 2.25. The van der Waals surface area contributed by atoms with Crippen LogP contribution in [0.2, 0.25) is 0 Å². The number of hydrogen-bond acceptors (Lipinski definition) is 2. The average Bonchev–Trinajstić information content (AvgIpc) is 2.16. The molecular formula is C12H25NO. The van der Waals surface area contributed by atoms with Gasteiger partial charge >= 0.3 is 0 Å². The highest BCUT2D eigenvalue weighted by atomic mass is 16.3. The molecule has 0 aromatic carbocycles. The molecule has 2 nitrogen and oxygen atoms in total. The van der Waals surface area contributed by atoms with Crippen molar-refractivity contribution in [2.45, 2.75) is 71.1 Å². The molecule has 3 atom stereocenters. The molecule has 0 aromatic rings. The van der Waals surface area contributed by atoms with Gasteiger partial charge in [0, 0.05) is 12.1 Å². The number of aliphatic hydroxyl groups is 1. The SMILES string of the molecule is CCC(N[C@@H]1CCCC[C@H]1O)C(C)C. The quantitative estimate of drug-likeness (QED) is 0.728. The van der Waals surface area contributed by atoms with Crippen molar-refractivity contribution in [3.63, 3.8) is 0 Å². The second-order valence-electron chi connectivity index (χ2n) is 4.88. The van der Waals surface area contributed by atoms with E-state index in [1.807, 2.05) is 0 Å². The topological polar surface area (TPSA) is 32.3 Å². The second kappa shape index (κ2) is 5.72. The van der Waals surface area contributed by atoms with Crippen LogP contribution in [0, 0.1) is 5.92 Å². The lowest BCUT2D eigenvalue weighted by Crippen LogP contribution is -2.48. The largest absolute Gasteiger partial charge is 0.392 e. The van der Waals surface area contributed by atoms with E-state index < -0.39 is 0 Å². The molecule has 0 heterocycles. The number of hydrogen-bond donors (Lipinski definition) is 2. The van der Waals surface area contributed by atoms with Crippen LogP contribution in [0.25, 0.3) is 0 Å². The molecule has 84 valence electrons. The van der Waals surface area contributed by atoms with Crippen molar-refractivity contribution < 1.29 is 5.11 Å². The van der Waals surface area contributed by atoms with Crippen molar-refractivity contribution in [2.24, 2.45) is 5.92 Å². The van der Waals surface area contributed by atoms with Crippen molar-refractivity contribution in [3.8, 4) is 0 Å². The summed E-state index contributed by atoms with van der Waals surface area (Å²) in [6, 6.07) is 0.906. The maximum atomic E-state index is 9.83. The zero-order valence-electron chi connectivity index (χ0n) is 9.79. The molecule has 1 rings (SSSR count). The summed E-state index contributed by atoms with van der Waals surface area (Å²) in [5.74, 6) is 0.661. The summed E-state index contributed by atoms with van der Waals surface area (Å²) in [5, 5.41) is 13.4. The fourth-order valence-corrected chi connectivity index (χ4v) is 2.36. The smallest absolute Gasteiger partial charge is 0.0693 e. The first-order valence-electron chi connectivity index (χ1n) is 6.09. The zero-order chi connectivity index (χ0) is 10.6. The Labute approximate surface area is 88.1 Å². The first kappa shape index (κ1) is 12.0. The monoisotopic (exact) mass is 199 g/mol. The average molecular weight is 199 g/mol. The van der Waals surface area contributed by atoms with E-state index in [1.165, 1.54) is 12.8 Å². The highest BCUT2D eigenvalue weighted by Crippen LogP contribution is 2.20. The van der Waals surface area contributed by atoms with Gasteiger partial charge in [0.05, 0.1) is 6.10 Å². The van der Waals surface area contributed by atoms with Gasteiger partial charge in [-0.05, 0) is 25.2 Å². The van der Waals surface area contributed by atoms with E-state index in [9.17, 15) is 5.11 Å². The van der Waals surface area contributed by atoms with Gasteiger partial charge in [-0.2, -0.15) is 0 Å². The van der Waals surface area contributed by atoms with Crippen LogP contribution in [0.15, 0.2) is 0 Å². The molecule has 1 aliphatic carbocycles. The van der Waals surface area contributed by atoms with Crippen molar-refractivity contribution in [2.75, 3.05) is 0 Å². The Bertz CT molecular complexity index is 158. The van der Waals surface area contributed by atoms with E-state index >= 15 is 0 Å². The Morgan fingerprint density at radius 3 is 2.43 bits per heavy atom. The van der Waals surface area contributed by atoms with Crippen LogP contribution in [-0.4, -0.2) is 23.3 Å². The third-order valence-corrected chi connectivity index (χ3v) is 3.40. The molecule has 0 bridgehead atoms. The van der Waals surface area contributed by atoms with Crippen LogP contribution in [0.4, 0.5) is 0 Å². The molecular weight excluding hydrogens is 174 g/mol. The summed E-state index contributed by atoms with van der Waals surface area (Å²) in [7, 11) is 0. The van der Waals surface area contributed by atoms with Crippen molar-refractivity contribution >= 4 is 0 Å². The summed E-state index contributed by atoms with van der Waals surface area (Å²) in [5.41, 5.74) is 0. The predicted molar refractivity (Wildman–Crippen MR) is 60.3 cm³/mol. The van der Waals surface area contributed by atoms with Crippen LogP contribution in [0.3, 0.4) is 0 Å². The fraction of sp³-hybridized carbons (Fsp3) is 1.00. The zero-order valence-corrected chi connectivity index (χ0v) is 9.79. The molecule has 0 aromatic heterocycles. The Morgan fingerprint density at radius 2 is 1.93 bits per heavy atom. The van der Waals surface area contributed by atoms with E-state index in [-0.39, 0.29) is 6.10 Å². The highest BCUT2D eigenvalue weighted by molar-refractivity contribution is 4.84. The Hall–Kier alpha value is -0.0800. The van der Waals surface area contributed by atoms with E-state index in [1.54, 1.807) is 0 Å². The van der Waals surface area contributed by atoms with Crippen LogP contribution in [-0.2, 0) is 0 Å². The van der Waals surface area contributed by atoms with Crippen molar-refractivity contribution in [3.05, 3.63) is 0 Å².